The molecule has 3 aliphatic heterocycles. The number of aryl methyl sites for hydroxylation is 4. The van der Waals surface area contributed by atoms with Crippen molar-refractivity contribution >= 4 is 24.1 Å². The Hall–Kier alpha value is -3.94. The van der Waals surface area contributed by atoms with E-state index in [0.717, 1.165) is 27.8 Å². The molecule has 332 valence electrons. The van der Waals surface area contributed by atoms with Gasteiger partial charge >= 0.3 is 11.9 Å². The van der Waals surface area contributed by atoms with Crippen LogP contribution < -0.4 is 0 Å². The van der Waals surface area contributed by atoms with Gasteiger partial charge in [-0.2, -0.15) is 0 Å². The fourth-order valence-corrected chi connectivity index (χ4v) is 7.61. The molecular weight excluding hydrogens is 765 g/mol. The molecule has 2 aromatic rings. The summed E-state index contributed by atoms with van der Waals surface area (Å²) >= 11 is 0. The fraction of sp³-hybridized carbons (Fsp3) is 0.551. The van der Waals surface area contributed by atoms with Gasteiger partial charge in [0.2, 0.25) is 0 Å². The molecule has 0 radical (unpaired) electrons. The van der Waals surface area contributed by atoms with Crippen LogP contribution in [0.3, 0.4) is 0 Å². The average molecular weight is 835 g/mol. The Morgan fingerprint density at radius 1 is 0.883 bits per heavy atom. The molecule has 0 spiro atoms. The summed E-state index contributed by atoms with van der Waals surface area (Å²) in [5.74, 6) is -3.02. The van der Waals surface area contributed by atoms with E-state index < -0.39 is 54.2 Å². The van der Waals surface area contributed by atoms with Gasteiger partial charge in [0.25, 0.3) is 0 Å². The molecule has 60 heavy (non-hydrogen) atoms. The van der Waals surface area contributed by atoms with E-state index in [4.69, 9.17) is 23.7 Å². The number of aliphatic hydroxyl groups is 3. The maximum atomic E-state index is 12.9. The second-order valence-corrected chi connectivity index (χ2v) is 17.3. The molecule has 0 saturated carbocycles. The third-order valence-corrected chi connectivity index (χ3v) is 10.9. The third kappa shape index (κ3) is 13.5. The number of benzene rings is 2. The second-order valence-electron chi connectivity index (χ2n) is 17.3. The van der Waals surface area contributed by atoms with Crippen molar-refractivity contribution in [2.45, 2.75) is 164 Å². The number of carbonyl (C=O) groups excluding carboxylic acids is 1. The number of cyclic esters (lactones) is 1. The first-order chi connectivity index (χ1) is 27.5. The first-order valence-corrected chi connectivity index (χ1v) is 20.6. The number of carbonyl (C=O) groups is 2. The number of hydrogen-bond donors (Lipinski definition) is 4. The van der Waals surface area contributed by atoms with Crippen LogP contribution in [0, 0.1) is 39.5 Å². The number of rotatable bonds is 8. The summed E-state index contributed by atoms with van der Waals surface area (Å²) in [5, 5.41) is 40.5. The SMILES string of the molecule is C.Cc1cc(C)c(C(=O)O)c(/C=C/C[C@@H]2OC(C)(C)O[C@@H]2C(O)/C=C\[C@@H](C)[C@H](C)O)c1.Cc1cc(C)c2c(c1)C=CC[C@@H]1OC(C)(C)O[C@@H]1C(O)/C=C\[C@@H](C)[C@H](C)OC2=O. The molecule has 3 aliphatic rings. The van der Waals surface area contributed by atoms with Crippen molar-refractivity contribution in [2.75, 3.05) is 0 Å². The lowest BCUT2D eigenvalue weighted by Gasteiger charge is -2.22. The number of ether oxygens (including phenoxy) is 5. The number of carboxylic acids is 1. The van der Waals surface area contributed by atoms with Crippen LogP contribution >= 0.6 is 0 Å². The molecule has 11 heteroatoms. The Morgan fingerprint density at radius 2 is 1.52 bits per heavy atom. The maximum Gasteiger partial charge on any atom is 0.339 e. The second kappa shape index (κ2) is 21.2. The molecule has 0 bridgehead atoms. The number of hydrogen-bond acceptors (Lipinski definition) is 10. The fourth-order valence-electron chi connectivity index (χ4n) is 7.61. The van der Waals surface area contributed by atoms with Crippen LogP contribution in [0.1, 0.15) is 130 Å². The first-order valence-electron chi connectivity index (χ1n) is 20.6. The van der Waals surface area contributed by atoms with E-state index in [2.05, 4.69) is 0 Å². The van der Waals surface area contributed by atoms with Gasteiger partial charge in [0.1, 0.15) is 30.5 Å². The Morgan fingerprint density at radius 3 is 2.17 bits per heavy atom. The monoisotopic (exact) mass is 834 g/mol. The molecule has 5 rings (SSSR count). The molecule has 2 saturated heterocycles. The van der Waals surface area contributed by atoms with Crippen molar-refractivity contribution < 1.29 is 53.7 Å². The zero-order valence-electron chi connectivity index (χ0n) is 36.8. The van der Waals surface area contributed by atoms with Crippen LogP contribution in [0.5, 0.6) is 0 Å². The van der Waals surface area contributed by atoms with Gasteiger partial charge in [-0.05, 0) is 110 Å². The van der Waals surface area contributed by atoms with Gasteiger partial charge in [-0.15, -0.1) is 0 Å². The molecule has 0 aliphatic carbocycles. The largest absolute Gasteiger partial charge is 0.478 e. The van der Waals surface area contributed by atoms with Gasteiger partial charge in [0, 0.05) is 5.92 Å². The van der Waals surface area contributed by atoms with Gasteiger partial charge in [-0.3, -0.25) is 0 Å². The molecule has 2 unspecified atom stereocenters. The molecular formula is C49H70O11. The van der Waals surface area contributed by atoms with Crippen molar-refractivity contribution in [1.82, 2.24) is 0 Å². The van der Waals surface area contributed by atoms with Crippen LogP contribution in [0.25, 0.3) is 12.2 Å². The molecule has 0 aromatic heterocycles. The molecule has 2 aromatic carbocycles. The lowest BCUT2D eigenvalue weighted by molar-refractivity contribution is -0.152. The minimum absolute atomic E-state index is 0. The maximum absolute atomic E-state index is 12.9. The number of fused-ring (bicyclic) bond motifs is 2. The highest BCUT2D eigenvalue weighted by Gasteiger charge is 2.44. The van der Waals surface area contributed by atoms with Crippen molar-refractivity contribution in [2.24, 2.45) is 11.8 Å². The zero-order chi connectivity index (χ0) is 44.0. The highest BCUT2D eigenvalue weighted by molar-refractivity contribution is 5.95. The summed E-state index contributed by atoms with van der Waals surface area (Å²) in [6, 6.07) is 7.68. The summed E-state index contributed by atoms with van der Waals surface area (Å²) in [4.78, 5) is 24.6. The lowest BCUT2D eigenvalue weighted by Crippen LogP contribution is -2.34. The van der Waals surface area contributed by atoms with E-state index in [9.17, 15) is 30.0 Å². The van der Waals surface area contributed by atoms with E-state index in [-0.39, 0.29) is 43.0 Å². The lowest BCUT2D eigenvalue weighted by atomic mass is 9.96. The number of aromatic carboxylic acids is 1. The highest BCUT2D eigenvalue weighted by atomic mass is 16.8. The van der Waals surface area contributed by atoms with Gasteiger partial charge in [-0.1, -0.05) is 105 Å². The summed E-state index contributed by atoms with van der Waals surface area (Å²) in [5.41, 5.74) is 6.03. The Bertz CT molecular complexity index is 1900. The predicted octanol–water partition coefficient (Wildman–Crippen LogP) is 8.83. The standard InChI is InChI=1S/C24H34O6.C24H32O5.CH4/c1-14-12-16(3)21(23(27)28)18(13-14)8-7-9-20-22(30-24(5,6)29-20)19(26)11-10-15(2)17(4)25;1-14-12-16(3)21-18(13-14)8-7-9-20-22(29-24(5,6)28-20)19(25)11-10-15(2)17(4)27-23(21)26;/h7-8,10-13,15,17,19-20,22,25-26H,9H2,1-6H3,(H,27,28);7-8,10-13,15,17,19-20,22,25H,9H2,1-6H3;1H4/b8-7+,11-10-;8-7?,11-10-;/t2*15-,17+,19?,20+,22-;/m11./s1. The van der Waals surface area contributed by atoms with Crippen LogP contribution in [0.4, 0.5) is 0 Å². The Kier molecular flexibility index (Phi) is 17.8. The van der Waals surface area contributed by atoms with Gasteiger partial charge < -0.3 is 44.1 Å². The smallest absolute Gasteiger partial charge is 0.339 e. The Balaban J connectivity index is 0.000000315. The Labute approximate surface area is 357 Å². The average Bonchev–Trinajstić information content (AvgIpc) is 3.61. The number of esters is 1. The summed E-state index contributed by atoms with van der Waals surface area (Å²) in [6.45, 7) is 22.4. The highest BCUT2D eigenvalue weighted by Crippen LogP contribution is 2.35. The topological polar surface area (TPSA) is 161 Å². The summed E-state index contributed by atoms with van der Waals surface area (Å²) < 4.78 is 29.6. The van der Waals surface area contributed by atoms with E-state index in [0.29, 0.717) is 24.0 Å². The van der Waals surface area contributed by atoms with Crippen LogP contribution in [0.15, 0.2) is 60.7 Å². The molecule has 3 heterocycles. The quantitative estimate of drug-likeness (QED) is 0.149. The molecule has 4 N–H and O–H groups in total. The molecule has 2 fully saturated rings. The van der Waals surface area contributed by atoms with E-state index in [1.807, 2.05) is 104 Å². The molecule has 0 amide bonds. The van der Waals surface area contributed by atoms with E-state index in [1.165, 1.54) is 0 Å². The van der Waals surface area contributed by atoms with Crippen LogP contribution in [0.2, 0.25) is 0 Å². The summed E-state index contributed by atoms with van der Waals surface area (Å²) in [7, 11) is 0. The summed E-state index contributed by atoms with van der Waals surface area (Å²) in [6.07, 6.45) is 11.3. The third-order valence-electron chi connectivity index (χ3n) is 10.9. The molecule has 11 nitrogen and oxygen atoms in total. The van der Waals surface area contributed by atoms with Crippen molar-refractivity contribution in [3.63, 3.8) is 0 Å². The normalized spacial score (nSPS) is 28.3. The number of aliphatic hydroxyl groups excluding tert-OH is 3. The van der Waals surface area contributed by atoms with Crippen LogP contribution in [-0.4, -0.2) is 92.8 Å². The first kappa shape index (κ1) is 50.4. The van der Waals surface area contributed by atoms with Crippen molar-refractivity contribution in [1.29, 1.82) is 0 Å². The minimum Gasteiger partial charge on any atom is -0.478 e. The molecule has 10 atom stereocenters. The van der Waals surface area contributed by atoms with Gasteiger partial charge in [0.05, 0.1) is 29.4 Å². The van der Waals surface area contributed by atoms with E-state index in [1.54, 1.807) is 52.0 Å². The predicted molar refractivity (Wildman–Crippen MR) is 236 cm³/mol. The van der Waals surface area contributed by atoms with Gasteiger partial charge in [0.15, 0.2) is 11.6 Å². The van der Waals surface area contributed by atoms with Gasteiger partial charge in [-0.25, -0.2) is 9.59 Å². The zero-order valence-corrected chi connectivity index (χ0v) is 36.8. The van der Waals surface area contributed by atoms with Crippen molar-refractivity contribution in [3.8, 4) is 0 Å². The van der Waals surface area contributed by atoms with Crippen LogP contribution in [-0.2, 0) is 23.7 Å². The van der Waals surface area contributed by atoms with Crippen molar-refractivity contribution in [3.05, 3.63) is 105 Å². The van der Waals surface area contributed by atoms with E-state index >= 15 is 0 Å². The minimum atomic E-state index is -0.959. The number of carboxylic acid groups (broad SMARTS) is 1.